The molecule has 0 unspecified atom stereocenters. The van der Waals surface area contributed by atoms with Crippen molar-refractivity contribution >= 4 is 46.0 Å². The Hall–Kier alpha value is -1.72. The van der Waals surface area contributed by atoms with Crippen molar-refractivity contribution in [1.29, 1.82) is 0 Å². The van der Waals surface area contributed by atoms with E-state index in [4.69, 9.17) is 16.3 Å². The zero-order valence-corrected chi connectivity index (χ0v) is 16.3. The average Bonchev–Trinajstić information content (AvgIpc) is 2.64. The second-order valence-electron chi connectivity index (χ2n) is 6.63. The Morgan fingerprint density at radius 2 is 2.04 bits per heavy atom. The molecule has 0 bridgehead atoms. The van der Waals surface area contributed by atoms with Gasteiger partial charge in [-0.25, -0.2) is 0 Å². The van der Waals surface area contributed by atoms with Crippen LogP contribution in [0.25, 0.3) is 10.8 Å². The lowest BCUT2D eigenvalue weighted by molar-refractivity contribution is -0.150. The van der Waals surface area contributed by atoms with Crippen LogP contribution in [0.4, 0.5) is 0 Å². The number of ether oxygens (including phenoxy) is 1. The summed E-state index contributed by atoms with van der Waals surface area (Å²) in [7, 11) is 0. The summed E-state index contributed by atoms with van der Waals surface area (Å²) in [5.41, 5.74) is 0. The zero-order chi connectivity index (χ0) is 18.5. The third-order valence-electron chi connectivity index (χ3n) is 4.53. The first kappa shape index (κ1) is 19.1. The summed E-state index contributed by atoms with van der Waals surface area (Å²) in [5, 5.41) is 2.63. The second-order valence-corrected chi connectivity index (χ2v) is 8.05. The Balaban J connectivity index is 1.52. The maximum absolute atomic E-state index is 12.2. The molecule has 2 aromatic carbocycles. The topological polar surface area (TPSA) is 46.6 Å². The maximum atomic E-state index is 12.2. The summed E-state index contributed by atoms with van der Waals surface area (Å²) >= 11 is 7.67. The fraction of sp³-hybridized carbons (Fsp3) is 0.400. The minimum atomic E-state index is -0.391. The number of benzene rings is 2. The zero-order valence-electron chi connectivity index (χ0n) is 14.7. The Labute approximate surface area is 162 Å². The molecule has 3 rings (SSSR count). The molecular formula is C20H22ClNO3S. The van der Waals surface area contributed by atoms with Crippen LogP contribution in [0.15, 0.2) is 41.3 Å². The Morgan fingerprint density at radius 1 is 1.27 bits per heavy atom. The van der Waals surface area contributed by atoms with Gasteiger partial charge in [0.25, 0.3) is 5.91 Å². The summed E-state index contributed by atoms with van der Waals surface area (Å²) in [5.74, 6) is 0.157. The first-order valence-electron chi connectivity index (χ1n) is 8.78. The molecule has 0 aromatic heterocycles. The highest BCUT2D eigenvalue weighted by molar-refractivity contribution is 8.00. The van der Waals surface area contributed by atoms with E-state index < -0.39 is 5.97 Å². The molecular weight excluding hydrogens is 370 g/mol. The molecule has 1 heterocycles. The number of piperidine rings is 1. The lowest BCUT2D eigenvalue weighted by Crippen LogP contribution is -2.41. The summed E-state index contributed by atoms with van der Waals surface area (Å²) < 4.78 is 5.17. The monoisotopic (exact) mass is 391 g/mol. The highest BCUT2D eigenvalue weighted by atomic mass is 35.5. The van der Waals surface area contributed by atoms with Crippen molar-refractivity contribution in [2.75, 3.05) is 25.4 Å². The number of nitrogens with zero attached hydrogens (tertiary/aromatic N) is 1. The van der Waals surface area contributed by atoms with Crippen molar-refractivity contribution < 1.29 is 14.3 Å². The quantitative estimate of drug-likeness (QED) is 0.560. The van der Waals surface area contributed by atoms with Crippen LogP contribution in [0.2, 0.25) is 5.02 Å². The van der Waals surface area contributed by atoms with Gasteiger partial charge in [0.2, 0.25) is 0 Å². The van der Waals surface area contributed by atoms with E-state index in [0.717, 1.165) is 41.6 Å². The Bertz CT molecular complexity index is 805. The van der Waals surface area contributed by atoms with Crippen molar-refractivity contribution in [2.24, 2.45) is 5.92 Å². The van der Waals surface area contributed by atoms with E-state index in [1.807, 2.05) is 36.4 Å². The van der Waals surface area contributed by atoms with Crippen LogP contribution in [-0.2, 0) is 14.3 Å². The molecule has 1 fully saturated rings. The number of amides is 1. The van der Waals surface area contributed by atoms with Gasteiger partial charge in [0.1, 0.15) is 0 Å². The molecule has 1 saturated heterocycles. The SMILES string of the molecule is C[C@@H]1CCCN(C(=O)COC(=O)CSc2cccc3cccc(Cl)c23)C1. The second kappa shape index (κ2) is 8.78. The molecule has 1 aliphatic heterocycles. The molecule has 0 radical (unpaired) electrons. The van der Waals surface area contributed by atoms with E-state index in [-0.39, 0.29) is 18.3 Å². The van der Waals surface area contributed by atoms with Gasteiger partial charge in [-0.1, -0.05) is 42.8 Å². The normalized spacial score (nSPS) is 17.3. The molecule has 26 heavy (non-hydrogen) atoms. The van der Waals surface area contributed by atoms with Gasteiger partial charge in [0, 0.05) is 28.4 Å². The number of esters is 1. The van der Waals surface area contributed by atoms with Gasteiger partial charge in [-0.05, 0) is 36.3 Å². The predicted octanol–water partition coefficient (Wildman–Crippen LogP) is 4.39. The van der Waals surface area contributed by atoms with Crippen LogP contribution in [0.3, 0.4) is 0 Å². The minimum absolute atomic E-state index is 0.108. The number of fused-ring (bicyclic) bond motifs is 1. The van der Waals surface area contributed by atoms with Crippen molar-refractivity contribution in [1.82, 2.24) is 4.90 Å². The Kier molecular flexibility index (Phi) is 6.43. The minimum Gasteiger partial charge on any atom is -0.455 e. The molecule has 0 spiro atoms. The fourth-order valence-electron chi connectivity index (χ4n) is 3.21. The summed E-state index contributed by atoms with van der Waals surface area (Å²) in [6.45, 7) is 3.46. The van der Waals surface area contributed by atoms with E-state index in [1.165, 1.54) is 11.8 Å². The largest absolute Gasteiger partial charge is 0.455 e. The van der Waals surface area contributed by atoms with Gasteiger partial charge in [0.15, 0.2) is 6.61 Å². The smallest absolute Gasteiger partial charge is 0.316 e. The number of carbonyl (C=O) groups excluding carboxylic acids is 2. The van der Waals surface area contributed by atoms with Crippen LogP contribution in [0, 0.1) is 5.92 Å². The van der Waals surface area contributed by atoms with Crippen LogP contribution in [0.5, 0.6) is 0 Å². The molecule has 4 nitrogen and oxygen atoms in total. The van der Waals surface area contributed by atoms with Crippen LogP contribution >= 0.6 is 23.4 Å². The molecule has 6 heteroatoms. The van der Waals surface area contributed by atoms with Gasteiger partial charge >= 0.3 is 5.97 Å². The number of hydrogen-bond acceptors (Lipinski definition) is 4. The van der Waals surface area contributed by atoms with E-state index in [0.29, 0.717) is 10.9 Å². The van der Waals surface area contributed by atoms with Crippen molar-refractivity contribution in [3.05, 3.63) is 41.4 Å². The molecule has 1 atom stereocenters. The van der Waals surface area contributed by atoms with Crippen molar-refractivity contribution in [3.8, 4) is 0 Å². The van der Waals surface area contributed by atoms with Crippen LogP contribution in [-0.4, -0.2) is 42.2 Å². The molecule has 0 saturated carbocycles. The standard InChI is InChI=1S/C20H22ClNO3S/c1-14-5-4-10-22(11-14)18(23)12-25-19(24)13-26-17-9-3-7-15-6-2-8-16(21)20(15)17/h2-3,6-9,14H,4-5,10-13H2,1H3/t14-/m1/s1. The first-order valence-corrected chi connectivity index (χ1v) is 10.1. The number of carbonyl (C=O) groups is 2. The third kappa shape index (κ3) is 4.71. The number of thioether (sulfide) groups is 1. The molecule has 2 aromatic rings. The number of halogens is 1. The van der Waals surface area contributed by atoms with Gasteiger partial charge in [-0.15, -0.1) is 11.8 Å². The molecule has 0 aliphatic carbocycles. The molecule has 0 N–H and O–H groups in total. The van der Waals surface area contributed by atoms with E-state index in [2.05, 4.69) is 6.92 Å². The Morgan fingerprint density at radius 3 is 2.81 bits per heavy atom. The summed E-state index contributed by atoms with van der Waals surface area (Å²) in [6.07, 6.45) is 2.16. The van der Waals surface area contributed by atoms with Crippen LogP contribution < -0.4 is 0 Å². The van der Waals surface area contributed by atoms with Gasteiger partial charge < -0.3 is 9.64 Å². The lowest BCUT2D eigenvalue weighted by Gasteiger charge is -2.30. The highest BCUT2D eigenvalue weighted by Crippen LogP contribution is 2.33. The average molecular weight is 392 g/mol. The number of hydrogen-bond donors (Lipinski definition) is 0. The summed E-state index contributed by atoms with van der Waals surface area (Å²) in [4.78, 5) is 26.9. The van der Waals surface area contributed by atoms with E-state index in [9.17, 15) is 9.59 Å². The summed E-state index contributed by atoms with van der Waals surface area (Å²) in [6, 6.07) is 11.6. The number of rotatable bonds is 5. The molecule has 1 aliphatic rings. The van der Waals surface area contributed by atoms with Crippen molar-refractivity contribution in [2.45, 2.75) is 24.7 Å². The maximum Gasteiger partial charge on any atom is 0.316 e. The van der Waals surface area contributed by atoms with Gasteiger partial charge in [0.05, 0.1) is 5.75 Å². The highest BCUT2D eigenvalue weighted by Gasteiger charge is 2.21. The molecule has 1 amide bonds. The first-order chi connectivity index (χ1) is 12.5. The number of likely N-dealkylation sites (tertiary alicyclic amines) is 1. The van der Waals surface area contributed by atoms with E-state index >= 15 is 0 Å². The predicted molar refractivity (Wildman–Crippen MR) is 106 cm³/mol. The van der Waals surface area contributed by atoms with Gasteiger partial charge in [-0.3, -0.25) is 9.59 Å². The van der Waals surface area contributed by atoms with Crippen LogP contribution in [0.1, 0.15) is 19.8 Å². The molecule has 138 valence electrons. The fourth-order valence-corrected chi connectivity index (χ4v) is 4.45. The third-order valence-corrected chi connectivity index (χ3v) is 5.87. The van der Waals surface area contributed by atoms with Gasteiger partial charge in [-0.2, -0.15) is 0 Å². The lowest BCUT2D eigenvalue weighted by atomic mass is 10.0. The van der Waals surface area contributed by atoms with Crippen molar-refractivity contribution in [3.63, 3.8) is 0 Å². The van der Waals surface area contributed by atoms with E-state index in [1.54, 1.807) is 4.90 Å².